The van der Waals surface area contributed by atoms with Gasteiger partial charge in [-0.3, -0.25) is 24.2 Å². The Morgan fingerprint density at radius 1 is 0.447 bits per heavy atom. The van der Waals surface area contributed by atoms with Crippen LogP contribution < -0.4 is 21.4 Å². The van der Waals surface area contributed by atoms with Gasteiger partial charge >= 0.3 is 25.4 Å². The molecule has 4 aliphatic rings. The summed E-state index contributed by atoms with van der Waals surface area (Å²) in [7, 11) is -0.395. The Morgan fingerprint density at radius 2 is 0.809 bits per heavy atom. The number of anilines is 3. The molecule has 0 bridgehead atoms. The van der Waals surface area contributed by atoms with Gasteiger partial charge in [0.05, 0.1) is 11.2 Å². The van der Waals surface area contributed by atoms with Crippen molar-refractivity contribution in [2.75, 3.05) is 42.1 Å². The number of hydrogen-bond acceptors (Lipinski definition) is 11. The Bertz CT molecular complexity index is 3610. The lowest BCUT2D eigenvalue weighted by molar-refractivity contribution is 0.00578. The monoisotopic (exact) mass is 1280 g/mol. The van der Waals surface area contributed by atoms with Crippen molar-refractivity contribution in [2.24, 2.45) is 0 Å². The standard InChI is InChI=1S/2C23H26N2O3.C19H22BNO3.C11H19NO2/c2*1-23(2,3)28-22(27)25-15-7-10-19(16-25)17-11-13-20(14-12-17)24-21(26)18-8-5-4-6-9-18;1-18(2)19(3,4)24-20(23-18)15-10-12-16(13-11-15)21-17(22)14-8-6-5-7-9-14;1-9-6-5-7-12(8-9)10(13)14-11(2,3)4/h4-6,8-9,11-14,16H,7,10,15H2,1-3H3,(H,24,26);4-6,8-14H,7,15-16H2,1-3H3,(H,24,26);5-13H,1-4H3,(H,21,22);8H,5-7H2,1-4H3. The number of nitrogens with one attached hydrogen (secondary N) is 3. The molecule has 10 rings (SSSR count). The van der Waals surface area contributed by atoms with E-state index in [0.29, 0.717) is 36.3 Å². The molecular formula is C76H93BN6O11. The van der Waals surface area contributed by atoms with E-state index in [1.165, 1.54) is 5.57 Å². The van der Waals surface area contributed by atoms with Crippen molar-refractivity contribution >= 4 is 76.8 Å². The number of carbonyl (C=O) groups excluding carboxylic acids is 6. The first kappa shape index (κ1) is 72.2. The van der Waals surface area contributed by atoms with Gasteiger partial charge < -0.3 is 44.4 Å². The van der Waals surface area contributed by atoms with Crippen molar-refractivity contribution in [3.8, 4) is 0 Å². The van der Waals surface area contributed by atoms with E-state index in [2.05, 4.69) is 22.0 Å². The molecule has 0 aromatic heterocycles. The number of allylic oxidation sites excluding steroid dienone is 2. The zero-order chi connectivity index (χ0) is 68.4. The fourth-order valence-corrected chi connectivity index (χ4v) is 9.88. The smallest absolute Gasteiger partial charge is 0.444 e. The zero-order valence-corrected chi connectivity index (χ0v) is 57.1. The molecule has 3 N–H and O–H groups in total. The second-order valence-electron chi connectivity index (χ2n) is 27.4. The largest absolute Gasteiger partial charge is 0.494 e. The normalized spacial score (nSPS) is 15.8. The van der Waals surface area contributed by atoms with Gasteiger partial charge in [-0.15, -0.1) is 0 Å². The summed E-state index contributed by atoms with van der Waals surface area (Å²) in [6.07, 6.45) is 9.75. The number of ether oxygens (including phenoxy) is 3. The van der Waals surface area contributed by atoms with Crippen LogP contribution in [0.5, 0.6) is 0 Å². The first-order valence-corrected chi connectivity index (χ1v) is 32.1. The quantitative estimate of drug-likeness (QED) is 0.0921. The molecule has 6 aromatic rings. The Balaban J connectivity index is 0.000000182. The van der Waals surface area contributed by atoms with Crippen LogP contribution >= 0.6 is 0 Å². The molecule has 496 valence electrons. The second kappa shape index (κ2) is 32.1. The summed E-state index contributed by atoms with van der Waals surface area (Å²) >= 11 is 0. The van der Waals surface area contributed by atoms with E-state index in [4.69, 9.17) is 23.5 Å². The SMILES string of the molecule is CC(C)(C)OC(=O)N1C=C(c2ccc(NC(=O)c3ccccc3)cc2)CCC1.CC(C)(C)OC(=O)N1CCC=C(c2ccc(NC(=O)c3ccccc3)cc2)C1.CC1(C)OB(c2ccc(NC(=O)c3ccccc3)cc2)OC1(C)C.CC1=CN(C(=O)OC(C)(C)C)CCC1. The number of benzene rings is 6. The average Bonchev–Trinajstić information content (AvgIpc) is 1.62. The van der Waals surface area contributed by atoms with Gasteiger partial charge in [-0.05, 0) is 230 Å². The molecule has 1 saturated heterocycles. The minimum absolute atomic E-state index is 0.126. The predicted octanol–water partition coefficient (Wildman–Crippen LogP) is 16.4. The first-order chi connectivity index (χ1) is 44.3. The highest BCUT2D eigenvalue weighted by atomic mass is 16.7. The van der Waals surface area contributed by atoms with E-state index in [1.807, 2.05) is 237 Å². The molecule has 0 unspecified atom stereocenters. The van der Waals surface area contributed by atoms with Gasteiger partial charge in [-0.1, -0.05) is 103 Å². The van der Waals surface area contributed by atoms with Crippen molar-refractivity contribution in [3.05, 3.63) is 216 Å². The van der Waals surface area contributed by atoms with Crippen molar-refractivity contribution in [1.82, 2.24) is 14.7 Å². The fraction of sp³-hybridized carbons (Fsp3) is 0.368. The molecule has 17 nitrogen and oxygen atoms in total. The van der Waals surface area contributed by atoms with Crippen LogP contribution in [0.2, 0.25) is 0 Å². The summed E-state index contributed by atoms with van der Waals surface area (Å²) in [5, 5.41) is 8.68. The molecule has 94 heavy (non-hydrogen) atoms. The highest BCUT2D eigenvalue weighted by Gasteiger charge is 2.51. The van der Waals surface area contributed by atoms with Gasteiger partial charge in [-0.2, -0.15) is 0 Å². The summed E-state index contributed by atoms with van der Waals surface area (Å²) in [6.45, 7) is 29.6. The summed E-state index contributed by atoms with van der Waals surface area (Å²) in [5.41, 5.74) is 8.34. The predicted molar refractivity (Wildman–Crippen MR) is 375 cm³/mol. The van der Waals surface area contributed by atoms with E-state index in [1.54, 1.807) is 51.1 Å². The average molecular weight is 1280 g/mol. The van der Waals surface area contributed by atoms with Gasteiger partial charge in [0, 0.05) is 72.3 Å². The lowest BCUT2D eigenvalue weighted by atomic mass is 9.79. The van der Waals surface area contributed by atoms with Crippen LogP contribution in [0.4, 0.5) is 31.4 Å². The van der Waals surface area contributed by atoms with E-state index in [9.17, 15) is 28.8 Å². The van der Waals surface area contributed by atoms with Gasteiger partial charge in [0.2, 0.25) is 0 Å². The Labute approximate surface area is 556 Å². The summed E-state index contributed by atoms with van der Waals surface area (Å²) < 4.78 is 28.3. The number of hydrogen-bond donors (Lipinski definition) is 3. The lowest BCUT2D eigenvalue weighted by Gasteiger charge is -2.32. The van der Waals surface area contributed by atoms with Crippen LogP contribution in [0.1, 0.15) is 171 Å². The van der Waals surface area contributed by atoms with Crippen molar-refractivity contribution in [2.45, 2.75) is 157 Å². The Morgan fingerprint density at radius 3 is 1.20 bits per heavy atom. The maximum Gasteiger partial charge on any atom is 0.494 e. The van der Waals surface area contributed by atoms with E-state index >= 15 is 0 Å². The molecule has 6 aromatic carbocycles. The van der Waals surface area contributed by atoms with E-state index < -0.39 is 23.9 Å². The van der Waals surface area contributed by atoms with Crippen LogP contribution in [-0.4, -0.2) is 112 Å². The van der Waals surface area contributed by atoms with Gasteiger partial charge in [0.15, 0.2) is 0 Å². The molecule has 4 aliphatic heterocycles. The zero-order valence-electron chi connectivity index (χ0n) is 57.1. The van der Waals surface area contributed by atoms with E-state index in [0.717, 1.165) is 83.4 Å². The van der Waals surface area contributed by atoms with Gasteiger partial charge in [-0.25, -0.2) is 14.4 Å². The second-order valence-corrected chi connectivity index (χ2v) is 27.4. The third-order valence-corrected chi connectivity index (χ3v) is 15.4. The summed E-state index contributed by atoms with van der Waals surface area (Å²) in [5.74, 6) is -0.401. The van der Waals surface area contributed by atoms with Crippen LogP contribution in [0, 0.1) is 0 Å². The number of amides is 6. The summed E-state index contributed by atoms with van der Waals surface area (Å²) in [6, 6.07) is 50.3. The topological polar surface area (TPSA) is 194 Å². The van der Waals surface area contributed by atoms with Crippen molar-refractivity contribution in [3.63, 3.8) is 0 Å². The number of nitrogens with zero attached hydrogens (tertiary/aromatic N) is 3. The maximum atomic E-state index is 12.3. The van der Waals surface area contributed by atoms with Crippen molar-refractivity contribution < 1.29 is 52.3 Å². The first-order valence-electron chi connectivity index (χ1n) is 32.1. The number of rotatable bonds is 9. The lowest BCUT2D eigenvalue weighted by Crippen LogP contribution is -2.41. The van der Waals surface area contributed by atoms with Crippen LogP contribution in [0.25, 0.3) is 11.1 Å². The summed E-state index contributed by atoms with van der Waals surface area (Å²) in [4.78, 5) is 77.9. The molecule has 0 radical (unpaired) electrons. The molecule has 0 atom stereocenters. The molecule has 1 fully saturated rings. The molecular weight excluding hydrogens is 1180 g/mol. The third kappa shape index (κ3) is 22.5. The highest BCUT2D eigenvalue weighted by molar-refractivity contribution is 6.62. The molecule has 6 amide bonds. The fourth-order valence-electron chi connectivity index (χ4n) is 9.88. The van der Waals surface area contributed by atoms with E-state index in [-0.39, 0.29) is 47.2 Å². The Hall–Kier alpha value is -9.26. The Kier molecular flexibility index (Phi) is 24.6. The third-order valence-electron chi connectivity index (χ3n) is 15.4. The van der Waals surface area contributed by atoms with Crippen LogP contribution in [0.15, 0.2) is 188 Å². The number of carbonyl (C=O) groups is 6. The molecule has 4 heterocycles. The molecule has 0 saturated carbocycles. The molecule has 0 spiro atoms. The van der Waals surface area contributed by atoms with Gasteiger partial charge in [0.1, 0.15) is 16.8 Å². The van der Waals surface area contributed by atoms with Crippen LogP contribution in [0.3, 0.4) is 0 Å². The molecule has 0 aliphatic carbocycles. The van der Waals surface area contributed by atoms with Crippen molar-refractivity contribution in [1.29, 1.82) is 0 Å². The minimum atomic E-state index is -0.513. The van der Waals surface area contributed by atoms with Gasteiger partial charge in [0.25, 0.3) is 17.7 Å². The minimum Gasteiger partial charge on any atom is -0.444 e. The highest BCUT2D eigenvalue weighted by Crippen LogP contribution is 2.37. The van der Waals surface area contributed by atoms with Crippen LogP contribution in [-0.2, 0) is 23.5 Å². The molecule has 18 heteroatoms. The maximum absolute atomic E-state index is 12.3.